The zero-order chi connectivity index (χ0) is 26.0. The van der Waals surface area contributed by atoms with Crippen LogP contribution in [0.1, 0.15) is 24.1 Å². The molecule has 0 unspecified atom stereocenters. The van der Waals surface area contributed by atoms with E-state index < -0.39 is 28.4 Å². The fraction of sp³-hybridized carbons (Fsp3) is 0.115. The fourth-order valence-electron chi connectivity index (χ4n) is 4.01. The second kappa shape index (κ2) is 9.71. The highest BCUT2D eigenvalue weighted by Crippen LogP contribution is 2.42. The molecule has 0 radical (unpaired) electrons. The van der Waals surface area contributed by atoms with Crippen molar-refractivity contribution in [3.05, 3.63) is 99.6 Å². The molecular formula is C26H21N3O7. The lowest BCUT2D eigenvalue weighted by atomic mass is 9.95. The van der Waals surface area contributed by atoms with E-state index in [1.807, 2.05) is 0 Å². The van der Waals surface area contributed by atoms with Gasteiger partial charge in [0.2, 0.25) is 5.91 Å². The number of hydrogen-bond acceptors (Lipinski definition) is 7. The van der Waals surface area contributed by atoms with Gasteiger partial charge >= 0.3 is 0 Å². The van der Waals surface area contributed by atoms with Crippen molar-refractivity contribution in [2.24, 2.45) is 0 Å². The quantitative estimate of drug-likeness (QED) is 0.175. The molecule has 10 nitrogen and oxygen atoms in total. The molecule has 1 aliphatic rings. The predicted molar refractivity (Wildman–Crippen MR) is 132 cm³/mol. The zero-order valence-electron chi connectivity index (χ0n) is 19.3. The van der Waals surface area contributed by atoms with Crippen molar-refractivity contribution in [3.8, 4) is 5.75 Å². The summed E-state index contributed by atoms with van der Waals surface area (Å²) in [5.74, 6) is -1.90. The van der Waals surface area contributed by atoms with E-state index in [0.29, 0.717) is 28.3 Å². The zero-order valence-corrected chi connectivity index (χ0v) is 19.3. The molecule has 1 atom stereocenters. The Bertz CT molecular complexity index is 1380. The molecule has 3 aromatic carbocycles. The summed E-state index contributed by atoms with van der Waals surface area (Å²) in [6.07, 6.45) is 0. The summed E-state index contributed by atoms with van der Waals surface area (Å²) in [6, 6.07) is 16.9. The molecule has 36 heavy (non-hydrogen) atoms. The van der Waals surface area contributed by atoms with Gasteiger partial charge in [-0.15, -0.1) is 0 Å². The highest BCUT2D eigenvalue weighted by Gasteiger charge is 2.47. The first-order valence-electron chi connectivity index (χ1n) is 10.8. The van der Waals surface area contributed by atoms with Crippen LogP contribution in [0.4, 0.5) is 17.1 Å². The Morgan fingerprint density at radius 2 is 1.61 bits per heavy atom. The maximum atomic E-state index is 13.2. The molecule has 3 aromatic rings. The number of rotatable bonds is 6. The number of nitrogens with one attached hydrogen (secondary N) is 1. The van der Waals surface area contributed by atoms with Gasteiger partial charge in [0.15, 0.2) is 0 Å². The number of non-ortho nitro benzene ring substituents is 1. The van der Waals surface area contributed by atoms with Gasteiger partial charge < -0.3 is 15.2 Å². The molecule has 1 fully saturated rings. The molecule has 1 heterocycles. The lowest BCUT2D eigenvalue weighted by Gasteiger charge is -2.25. The Hall–Kier alpha value is -4.99. The Labute approximate surface area is 205 Å². The average molecular weight is 487 g/mol. The first-order valence-corrected chi connectivity index (χ1v) is 10.8. The van der Waals surface area contributed by atoms with Crippen LogP contribution in [0.2, 0.25) is 0 Å². The summed E-state index contributed by atoms with van der Waals surface area (Å²) in [5.41, 5.74) is 1.19. The van der Waals surface area contributed by atoms with Crippen molar-refractivity contribution in [2.45, 2.75) is 13.0 Å². The highest BCUT2D eigenvalue weighted by atomic mass is 16.6. The number of aliphatic hydroxyl groups excluding tert-OH is 1. The lowest BCUT2D eigenvalue weighted by Crippen LogP contribution is -2.29. The van der Waals surface area contributed by atoms with Crippen LogP contribution in [0.3, 0.4) is 0 Å². The van der Waals surface area contributed by atoms with E-state index in [1.165, 1.54) is 43.2 Å². The summed E-state index contributed by atoms with van der Waals surface area (Å²) < 4.78 is 5.13. The number of nitrogens with zero attached hydrogens (tertiary/aromatic N) is 2. The van der Waals surface area contributed by atoms with E-state index in [-0.39, 0.29) is 17.2 Å². The lowest BCUT2D eigenvalue weighted by molar-refractivity contribution is -0.384. The van der Waals surface area contributed by atoms with E-state index in [1.54, 1.807) is 48.5 Å². The Morgan fingerprint density at radius 1 is 1.00 bits per heavy atom. The van der Waals surface area contributed by atoms with Crippen LogP contribution in [-0.2, 0) is 14.4 Å². The summed E-state index contributed by atoms with van der Waals surface area (Å²) in [7, 11) is 1.49. The van der Waals surface area contributed by atoms with Gasteiger partial charge in [-0.3, -0.25) is 29.4 Å². The summed E-state index contributed by atoms with van der Waals surface area (Å²) in [6.45, 7) is 1.36. The minimum Gasteiger partial charge on any atom is -0.507 e. The monoisotopic (exact) mass is 487 g/mol. The number of nitro benzene ring substituents is 1. The number of aliphatic hydroxyl groups is 1. The number of amides is 2. The number of carbonyl (C=O) groups excluding carboxylic acids is 3. The second-order valence-electron chi connectivity index (χ2n) is 7.97. The van der Waals surface area contributed by atoms with E-state index >= 15 is 0 Å². The van der Waals surface area contributed by atoms with Crippen molar-refractivity contribution in [1.82, 2.24) is 0 Å². The molecule has 1 saturated heterocycles. The van der Waals surface area contributed by atoms with Gasteiger partial charge in [0.25, 0.3) is 17.4 Å². The highest BCUT2D eigenvalue weighted by molar-refractivity contribution is 6.51. The van der Waals surface area contributed by atoms with E-state index in [9.17, 15) is 29.6 Å². The number of ketones is 1. The third-order valence-electron chi connectivity index (χ3n) is 5.69. The van der Waals surface area contributed by atoms with Crippen molar-refractivity contribution in [2.75, 3.05) is 17.3 Å². The van der Waals surface area contributed by atoms with Gasteiger partial charge in [-0.05, 0) is 66.2 Å². The summed E-state index contributed by atoms with van der Waals surface area (Å²) >= 11 is 0. The number of hydrogen-bond donors (Lipinski definition) is 2. The average Bonchev–Trinajstić information content (AvgIpc) is 3.14. The van der Waals surface area contributed by atoms with E-state index in [4.69, 9.17) is 4.74 Å². The molecule has 2 amide bonds. The molecule has 1 aliphatic heterocycles. The number of carbonyl (C=O) groups is 3. The minimum atomic E-state index is -1.06. The second-order valence-corrected chi connectivity index (χ2v) is 7.97. The minimum absolute atomic E-state index is 0.162. The van der Waals surface area contributed by atoms with Gasteiger partial charge in [0.05, 0.1) is 23.6 Å². The molecule has 0 saturated carbocycles. The van der Waals surface area contributed by atoms with Crippen molar-refractivity contribution < 1.29 is 29.2 Å². The largest absolute Gasteiger partial charge is 0.507 e. The summed E-state index contributed by atoms with van der Waals surface area (Å²) in [5, 5.41) is 24.9. The Kier molecular flexibility index (Phi) is 6.51. The van der Waals surface area contributed by atoms with E-state index in [0.717, 1.165) is 0 Å². The Balaban J connectivity index is 1.86. The molecular weight excluding hydrogens is 466 g/mol. The SMILES string of the molecule is COc1ccc(/C(O)=C2\C(=O)C(=O)N(c3ccc(NC(C)=O)cc3)[C@@H]2c2ccc([N+](=O)[O-])cc2)cc1. The normalized spacial score (nSPS) is 16.6. The predicted octanol–water partition coefficient (Wildman–Crippen LogP) is 4.19. The van der Waals surface area contributed by atoms with Crippen LogP contribution in [0.25, 0.3) is 5.76 Å². The van der Waals surface area contributed by atoms with Gasteiger partial charge in [0.1, 0.15) is 11.5 Å². The van der Waals surface area contributed by atoms with Crippen LogP contribution < -0.4 is 15.0 Å². The Morgan fingerprint density at radius 3 is 2.14 bits per heavy atom. The smallest absolute Gasteiger partial charge is 0.300 e. The molecule has 0 spiro atoms. The van der Waals surface area contributed by atoms with Crippen LogP contribution in [0.5, 0.6) is 5.75 Å². The third kappa shape index (κ3) is 4.51. The maximum absolute atomic E-state index is 13.2. The number of anilines is 2. The summed E-state index contributed by atoms with van der Waals surface area (Å²) in [4.78, 5) is 49.6. The van der Waals surface area contributed by atoms with Gasteiger partial charge in [-0.2, -0.15) is 0 Å². The number of methoxy groups -OCH3 is 1. The molecule has 0 aliphatic carbocycles. The van der Waals surface area contributed by atoms with Gasteiger partial charge in [0, 0.05) is 36.0 Å². The van der Waals surface area contributed by atoms with Crippen LogP contribution in [0.15, 0.2) is 78.4 Å². The van der Waals surface area contributed by atoms with Crippen molar-refractivity contribution in [1.29, 1.82) is 0 Å². The fourth-order valence-corrected chi connectivity index (χ4v) is 4.01. The van der Waals surface area contributed by atoms with Crippen LogP contribution >= 0.6 is 0 Å². The number of ether oxygens (including phenoxy) is 1. The maximum Gasteiger partial charge on any atom is 0.300 e. The van der Waals surface area contributed by atoms with Gasteiger partial charge in [-0.1, -0.05) is 0 Å². The van der Waals surface area contributed by atoms with Gasteiger partial charge in [-0.25, -0.2) is 0 Å². The molecule has 182 valence electrons. The van der Waals surface area contributed by atoms with Crippen molar-refractivity contribution in [3.63, 3.8) is 0 Å². The topological polar surface area (TPSA) is 139 Å². The first kappa shape index (κ1) is 24.1. The van der Waals surface area contributed by atoms with Crippen molar-refractivity contribution >= 4 is 40.4 Å². The molecule has 0 bridgehead atoms. The van der Waals surface area contributed by atoms with E-state index in [2.05, 4.69) is 5.32 Å². The molecule has 10 heteroatoms. The molecule has 2 N–H and O–H groups in total. The number of nitro groups is 1. The number of Topliss-reactive ketones (excluding diaryl/α,β-unsaturated/α-hetero) is 1. The molecule has 0 aromatic heterocycles. The third-order valence-corrected chi connectivity index (χ3v) is 5.69. The number of benzene rings is 3. The first-order chi connectivity index (χ1) is 17.2. The van der Waals surface area contributed by atoms with Crippen LogP contribution in [0, 0.1) is 10.1 Å². The van der Waals surface area contributed by atoms with Crippen LogP contribution in [-0.4, -0.2) is 34.7 Å². The molecule has 4 rings (SSSR count). The standard InChI is InChI=1S/C26H21N3O7/c1-15(30)27-18-7-11-19(12-8-18)28-23(16-3-9-20(10-4-16)29(34)35)22(25(32)26(28)33)24(31)17-5-13-21(36-2)14-6-17/h3-14,23,31H,1-2H3,(H,27,30)/b24-22+/t23-/m1/s1.